The van der Waals surface area contributed by atoms with Crippen LogP contribution < -0.4 is 4.74 Å². The highest BCUT2D eigenvalue weighted by Gasteiger charge is 2.34. The minimum Gasteiger partial charge on any atom is -0.495 e. The molecule has 1 atom stereocenters. The molecule has 1 aliphatic rings. The minimum atomic E-state index is 0.0266. The Morgan fingerprint density at radius 3 is 2.94 bits per heavy atom. The van der Waals surface area contributed by atoms with Crippen LogP contribution in [0.25, 0.3) is 0 Å². The molecular weight excluding hydrogens is 232 g/mol. The fourth-order valence-electron chi connectivity index (χ4n) is 2.29. The van der Waals surface area contributed by atoms with E-state index in [0.29, 0.717) is 5.75 Å². The third-order valence-electron chi connectivity index (χ3n) is 3.24. The minimum absolute atomic E-state index is 0.0266. The van der Waals surface area contributed by atoms with Crippen LogP contribution in [-0.2, 0) is 6.42 Å². The number of fused-ring (bicyclic) bond motifs is 1. The zero-order valence-electron chi connectivity index (χ0n) is 9.47. The maximum Gasteiger partial charge on any atom is 0.184 e. The molecule has 1 aromatic heterocycles. The summed E-state index contributed by atoms with van der Waals surface area (Å²) in [5.74, 6) is 0.915. The SMILES string of the molecule is COc1ccsc1C(=O)C1Cc2ccccc21. The van der Waals surface area contributed by atoms with Gasteiger partial charge in [0.1, 0.15) is 10.6 Å². The molecule has 1 unspecified atom stereocenters. The Morgan fingerprint density at radius 2 is 2.18 bits per heavy atom. The van der Waals surface area contributed by atoms with E-state index >= 15 is 0 Å². The van der Waals surface area contributed by atoms with Crippen LogP contribution in [0.15, 0.2) is 35.7 Å². The van der Waals surface area contributed by atoms with Gasteiger partial charge < -0.3 is 4.74 Å². The molecule has 0 amide bonds. The van der Waals surface area contributed by atoms with E-state index in [2.05, 4.69) is 6.07 Å². The molecule has 0 fully saturated rings. The first kappa shape index (κ1) is 10.5. The van der Waals surface area contributed by atoms with E-state index in [9.17, 15) is 4.79 Å². The Bertz CT molecular complexity index is 571. The van der Waals surface area contributed by atoms with Gasteiger partial charge in [0.2, 0.25) is 0 Å². The van der Waals surface area contributed by atoms with Gasteiger partial charge in [0.05, 0.1) is 13.0 Å². The highest BCUT2D eigenvalue weighted by molar-refractivity contribution is 7.12. The molecule has 2 nitrogen and oxygen atoms in total. The second-order valence-electron chi connectivity index (χ2n) is 4.14. The molecule has 86 valence electrons. The van der Waals surface area contributed by atoms with Gasteiger partial charge in [-0.25, -0.2) is 0 Å². The number of hydrogen-bond acceptors (Lipinski definition) is 3. The summed E-state index contributed by atoms with van der Waals surface area (Å²) in [7, 11) is 1.60. The quantitative estimate of drug-likeness (QED) is 0.774. The van der Waals surface area contributed by atoms with E-state index in [1.807, 2.05) is 29.6 Å². The van der Waals surface area contributed by atoms with Crippen LogP contribution in [0, 0.1) is 0 Å². The maximum atomic E-state index is 12.4. The van der Waals surface area contributed by atoms with Gasteiger partial charge in [-0.15, -0.1) is 11.3 Å². The molecular formula is C14H12O2S. The standard InChI is InChI=1S/C14H12O2S/c1-16-12-6-7-17-14(12)13(15)11-8-9-4-2-3-5-10(9)11/h2-7,11H,8H2,1H3. The molecule has 0 saturated heterocycles. The summed E-state index contributed by atoms with van der Waals surface area (Å²) >= 11 is 1.46. The molecule has 1 aromatic carbocycles. The predicted molar refractivity (Wildman–Crippen MR) is 68.1 cm³/mol. The first-order valence-electron chi connectivity index (χ1n) is 5.54. The lowest BCUT2D eigenvalue weighted by Gasteiger charge is -2.28. The average molecular weight is 244 g/mol. The van der Waals surface area contributed by atoms with Crippen LogP contribution in [0.5, 0.6) is 5.75 Å². The molecule has 3 rings (SSSR count). The van der Waals surface area contributed by atoms with Crippen molar-refractivity contribution in [2.24, 2.45) is 0 Å². The normalized spacial score (nSPS) is 17.1. The molecule has 0 saturated carbocycles. The number of hydrogen-bond donors (Lipinski definition) is 0. The Kier molecular flexibility index (Phi) is 2.48. The van der Waals surface area contributed by atoms with Gasteiger partial charge in [-0.05, 0) is 29.0 Å². The van der Waals surface area contributed by atoms with E-state index in [4.69, 9.17) is 4.74 Å². The lowest BCUT2D eigenvalue weighted by atomic mass is 9.75. The first-order valence-corrected chi connectivity index (χ1v) is 6.42. The number of ether oxygens (including phenoxy) is 1. The topological polar surface area (TPSA) is 26.3 Å². The lowest BCUT2D eigenvalue weighted by Crippen LogP contribution is -2.24. The smallest absolute Gasteiger partial charge is 0.184 e. The summed E-state index contributed by atoms with van der Waals surface area (Å²) in [6.07, 6.45) is 0.857. The number of rotatable bonds is 3. The Balaban J connectivity index is 1.91. The number of methoxy groups -OCH3 is 1. The molecule has 0 bridgehead atoms. The summed E-state index contributed by atoms with van der Waals surface area (Å²) < 4.78 is 5.20. The zero-order valence-corrected chi connectivity index (χ0v) is 10.3. The van der Waals surface area contributed by atoms with Crippen LogP contribution in [0.1, 0.15) is 26.7 Å². The molecule has 0 N–H and O–H groups in total. The maximum absolute atomic E-state index is 12.4. The molecule has 17 heavy (non-hydrogen) atoms. The molecule has 2 aromatic rings. The molecule has 0 spiro atoms. The van der Waals surface area contributed by atoms with Gasteiger partial charge in [0, 0.05) is 0 Å². The number of benzene rings is 1. The second kappa shape index (κ2) is 4.00. The van der Waals surface area contributed by atoms with Gasteiger partial charge >= 0.3 is 0 Å². The predicted octanol–water partition coefficient (Wildman–Crippen LogP) is 3.28. The highest BCUT2D eigenvalue weighted by atomic mass is 32.1. The zero-order chi connectivity index (χ0) is 11.8. The van der Waals surface area contributed by atoms with Gasteiger partial charge in [-0.3, -0.25) is 4.79 Å². The molecule has 1 aliphatic carbocycles. The van der Waals surface area contributed by atoms with Gasteiger partial charge in [-0.1, -0.05) is 24.3 Å². The van der Waals surface area contributed by atoms with E-state index < -0.39 is 0 Å². The Labute approximate surface area is 104 Å². The van der Waals surface area contributed by atoms with E-state index in [-0.39, 0.29) is 11.7 Å². The van der Waals surface area contributed by atoms with Crippen LogP contribution in [0.4, 0.5) is 0 Å². The first-order chi connectivity index (χ1) is 8.31. The fraction of sp³-hybridized carbons (Fsp3) is 0.214. The molecule has 1 heterocycles. The number of carbonyl (C=O) groups excluding carboxylic acids is 1. The van der Waals surface area contributed by atoms with Crippen LogP contribution in [0.2, 0.25) is 0 Å². The molecule has 0 radical (unpaired) electrons. The summed E-state index contributed by atoms with van der Waals surface area (Å²) in [6.45, 7) is 0. The summed E-state index contributed by atoms with van der Waals surface area (Å²) in [5.41, 5.74) is 2.47. The number of ketones is 1. The van der Waals surface area contributed by atoms with Crippen molar-refractivity contribution in [1.29, 1.82) is 0 Å². The fourth-order valence-corrected chi connectivity index (χ4v) is 3.14. The second-order valence-corrected chi connectivity index (χ2v) is 5.05. The monoisotopic (exact) mass is 244 g/mol. The Hall–Kier alpha value is -1.61. The summed E-state index contributed by atoms with van der Waals surface area (Å²) in [5, 5.41) is 1.90. The number of carbonyl (C=O) groups is 1. The van der Waals surface area contributed by atoms with Crippen LogP contribution in [-0.4, -0.2) is 12.9 Å². The van der Waals surface area contributed by atoms with E-state index in [0.717, 1.165) is 11.3 Å². The molecule has 3 heteroatoms. The molecule has 0 aliphatic heterocycles. The van der Waals surface area contributed by atoms with Crippen LogP contribution >= 0.6 is 11.3 Å². The Morgan fingerprint density at radius 1 is 1.35 bits per heavy atom. The average Bonchev–Trinajstić information content (AvgIpc) is 2.78. The summed E-state index contributed by atoms with van der Waals surface area (Å²) in [4.78, 5) is 13.1. The lowest BCUT2D eigenvalue weighted by molar-refractivity contribution is 0.0950. The van der Waals surface area contributed by atoms with Gasteiger partial charge in [0.15, 0.2) is 5.78 Å². The van der Waals surface area contributed by atoms with Crippen molar-refractivity contribution in [1.82, 2.24) is 0 Å². The van der Waals surface area contributed by atoms with Crippen molar-refractivity contribution in [2.75, 3.05) is 7.11 Å². The van der Waals surface area contributed by atoms with Gasteiger partial charge in [-0.2, -0.15) is 0 Å². The number of Topliss-reactive ketones (excluding diaryl/α,β-unsaturated/α-hetero) is 1. The van der Waals surface area contributed by atoms with Crippen molar-refractivity contribution < 1.29 is 9.53 Å². The highest BCUT2D eigenvalue weighted by Crippen LogP contribution is 2.40. The third kappa shape index (κ3) is 1.58. The van der Waals surface area contributed by atoms with Crippen molar-refractivity contribution in [3.05, 3.63) is 51.7 Å². The van der Waals surface area contributed by atoms with Crippen molar-refractivity contribution in [3.8, 4) is 5.75 Å². The third-order valence-corrected chi connectivity index (χ3v) is 4.15. The largest absolute Gasteiger partial charge is 0.495 e. The summed E-state index contributed by atoms with van der Waals surface area (Å²) in [6, 6.07) is 9.99. The van der Waals surface area contributed by atoms with Crippen molar-refractivity contribution >= 4 is 17.1 Å². The number of thiophene rings is 1. The van der Waals surface area contributed by atoms with E-state index in [1.54, 1.807) is 7.11 Å². The van der Waals surface area contributed by atoms with Gasteiger partial charge in [0.25, 0.3) is 0 Å². The van der Waals surface area contributed by atoms with Crippen molar-refractivity contribution in [3.63, 3.8) is 0 Å². The van der Waals surface area contributed by atoms with Crippen LogP contribution in [0.3, 0.4) is 0 Å². The van der Waals surface area contributed by atoms with Crippen molar-refractivity contribution in [2.45, 2.75) is 12.3 Å². The van der Waals surface area contributed by atoms with E-state index in [1.165, 1.54) is 22.5 Å².